The molecule has 90 valence electrons. The molecule has 0 spiro atoms. The highest BCUT2D eigenvalue weighted by Gasteiger charge is 2.18. The maximum absolute atomic E-state index is 5.98. The summed E-state index contributed by atoms with van der Waals surface area (Å²) in [5.41, 5.74) is 9.07. The number of anilines is 1. The van der Waals surface area contributed by atoms with Crippen LogP contribution in [0, 0.1) is 0 Å². The Hall–Kier alpha value is -2.27. The molecule has 3 rings (SSSR count). The molecule has 0 bridgehead atoms. The van der Waals surface area contributed by atoms with Crippen molar-refractivity contribution in [2.45, 2.75) is 0 Å². The number of hydrogen-bond donors (Lipinski definition) is 2. The van der Waals surface area contributed by atoms with Gasteiger partial charge in [0.05, 0.1) is 23.1 Å². The van der Waals surface area contributed by atoms with Crippen LogP contribution in [0.3, 0.4) is 0 Å². The Labute approximate surface area is 108 Å². The zero-order valence-corrected chi connectivity index (χ0v) is 9.98. The molecule has 18 heavy (non-hydrogen) atoms. The normalized spacial score (nSPS) is 10.7. The number of rotatable bonds is 2. The number of halogens is 1. The van der Waals surface area contributed by atoms with Gasteiger partial charge in [-0.05, 0) is 35.4 Å². The van der Waals surface area contributed by atoms with Gasteiger partial charge in [-0.2, -0.15) is 5.10 Å². The van der Waals surface area contributed by atoms with E-state index in [-0.39, 0.29) is 0 Å². The Morgan fingerprint density at radius 2 is 2.00 bits per heavy atom. The van der Waals surface area contributed by atoms with Crippen LogP contribution in [0.4, 0.5) is 5.82 Å². The van der Waals surface area contributed by atoms with Gasteiger partial charge >= 0.3 is 0 Å². The van der Waals surface area contributed by atoms with E-state index in [1.807, 2.05) is 12.1 Å². The highest BCUT2D eigenvalue weighted by Crippen LogP contribution is 2.37. The summed E-state index contributed by atoms with van der Waals surface area (Å²) in [5, 5.41) is 7.20. The number of nitrogens with zero attached hydrogens (tertiary/aromatic N) is 2. The third-order valence-electron chi connectivity index (χ3n) is 2.65. The SMILES string of the molecule is Nc1n[nH]c(-c2ccoc2Cl)c1-c1ccncc1. The predicted octanol–water partition coefficient (Wildman–Crippen LogP) is 2.97. The van der Waals surface area contributed by atoms with Crippen LogP contribution in [-0.4, -0.2) is 15.2 Å². The van der Waals surface area contributed by atoms with Crippen molar-refractivity contribution in [3.63, 3.8) is 0 Å². The molecule has 3 aromatic rings. The van der Waals surface area contributed by atoms with Crippen molar-refractivity contribution in [3.05, 3.63) is 42.1 Å². The largest absolute Gasteiger partial charge is 0.452 e. The zero-order valence-electron chi connectivity index (χ0n) is 9.22. The molecule has 0 aromatic carbocycles. The smallest absolute Gasteiger partial charge is 0.202 e. The molecule has 0 radical (unpaired) electrons. The number of furan rings is 1. The lowest BCUT2D eigenvalue weighted by Crippen LogP contribution is -1.88. The monoisotopic (exact) mass is 260 g/mol. The first kappa shape index (κ1) is 10.9. The van der Waals surface area contributed by atoms with Crippen LogP contribution in [-0.2, 0) is 0 Å². The van der Waals surface area contributed by atoms with E-state index in [0.29, 0.717) is 11.0 Å². The third-order valence-corrected chi connectivity index (χ3v) is 2.94. The number of nitrogens with one attached hydrogen (secondary N) is 1. The van der Waals surface area contributed by atoms with Crippen LogP contribution in [0.15, 0.2) is 41.3 Å². The minimum Gasteiger partial charge on any atom is -0.452 e. The number of hydrogen-bond acceptors (Lipinski definition) is 4. The van der Waals surface area contributed by atoms with Crippen molar-refractivity contribution in [3.8, 4) is 22.4 Å². The van der Waals surface area contributed by atoms with Crippen LogP contribution < -0.4 is 5.73 Å². The third kappa shape index (κ3) is 1.65. The number of nitrogens with two attached hydrogens (primary N) is 1. The summed E-state index contributed by atoms with van der Waals surface area (Å²) in [6, 6.07) is 5.48. The van der Waals surface area contributed by atoms with Crippen LogP contribution >= 0.6 is 11.6 Å². The molecule has 0 aliphatic heterocycles. The molecule has 0 saturated carbocycles. The lowest BCUT2D eigenvalue weighted by atomic mass is 10.0. The first-order valence-corrected chi connectivity index (χ1v) is 5.63. The van der Waals surface area contributed by atoms with Crippen molar-refractivity contribution < 1.29 is 4.42 Å². The second kappa shape index (κ2) is 4.19. The van der Waals surface area contributed by atoms with E-state index in [9.17, 15) is 0 Å². The number of nitrogen functional groups attached to an aromatic ring is 1. The van der Waals surface area contributed by atoms with E-state index in [2.05, 4.69) is 15.2 Å². The van der Waals surface area contributed by atoms with Crippen molar-refractivity contribution in [1.29, 1.82) is 0 Å². The minimum atomic E-state index is 0.300. The van der Waals surface area contributed by atoms with Crippen LogP contribution in [0.1, 0.15) is 0 Å². The Morgan fingerprint density at radius 1 is 1.22 bits per heavy atom. The standard InChI is InChI=1S/C12H9ClN4O/c13-11-8(3-6-18-11)10-9(12(14)17-16-10)7-1-4-15-5-2-7/h1-6H,(H3,14,16,17). The molecule has 0 saturated heterocycles. The molecule has 3 N–H and O–H groups in total. The molecular weight excluding hydrogens is 252 g/mol. The fraction of sp³-hybridized carbons (Fsp3) is 0. The van der Waals surface area contributed by atoms with E-state index in [1.165, 1.54) is 6.26 Å². The summed E-state index contributed by atoms with van der Waals surface area (Å²) in [6.45, 7) is 0. The van der Waals surface area contributed by atoms with Crippen molar-refractivity contribution in [2.24, 2.45) is 0 Å². The fourth-order valence-corrected chi connectivity index (χ4v) is 2.04. The lowest BCUT2D eigenvalue weighted by molar-refractivity contribution is 0.570. The summed E-state index contributed by atoms with van der Waals surface area (Å²) in [6.07, 6.45) is 4.91. The lowest BCUT2D eigenvalue weighted by Gasteiger charge is -2.02. The minimum absolute atomic E-state index is 0.300. The Balaban J connectivity index is 2.22. The van der Waals surface area contributed by atoms with E-state index in [4.69, 9.17) is 21.8 Å². The first-order valence-electron chi connectivity index (χ1n) is 5.25. The van der Waals surface area contributed by atoms with Crippen LogP contribution in [0.2, 0.25) is 5.22 Å². The first-order chi connectivity index (χ1) is 8.77. The predicted molar refractivity (Wildman–Crippen MR) is 68.9 cm³/mol. The van der Waals surface area contributed by atoms with Crippen molar-refractivity contribution in [2.75, 3.05) is 5.73 Å². The van der Waals surface area contributed by atoms with E-state index >= 15 is 0 Å². The quantitative estimate of drug-likeness (QED) is 0.742. The second-order valence-electron chi connectivity index (χ2n) is 3.70. The average Bonchev–Trinajstić information content (AvgIpc) is 2.96. The van der Waals surface area contributed by atoms with Crippen LogP contribution in [0.25, 0.3) is 22.4 Å². The van der Waals surface area contributed by atoms with Crippen molar-refractivity contribution in [1.82, 2.24) is 15.2 Å². The number of pyridine rings is 1. The summed E-state index contributed by atoms with van der Waals surface area (Å²) < 4.78 is 5.08. The zero-order chi connectivity index (χ0) is 12.5. The van der Waals surface area contributed by atoms with Gasteiger partial charge < -0.3 is 10.2 Å². The van der Waals surface area contributed by atoms with E-state index in [1.54, 1.807) is 18.5 Å². The van der Waals surface area contributed by atoms with Gasteiger partial charge in [0.25, 0.3) is 0 Å². The molecule has 0 fully saturated rings. The van der Waals surface area contributed by atoms with Gasteiger partial charge in [-0.25, -0.2) is 0 Å². The van der Waals surface area contributed by atoms with Gasteiger partial charge in [-0.1, -0.05) is 0 Å². The van der Waals surface area contributed by atoms with Gasteiger partial charge in [0, 0.05) is 12.4 Å². The summed E-state index contributed by atoms with van der Waals surface area (Å²) in [5.74, 6) is 0.411. The summed E-state index contributed by atoms with van der Waals surface area (Å²) >= 11 is 5.98. The topological polar surface area (TPSA) is 80.7 Å². The average molecular weight is 261 g/mol. The highest BCUT2D eigenvalue weighted by atomic mass is 35.5. The van der Waals surface area contributed by atoms with E-state index < -0.39 is 0 Å². The van der Waals surface area contributed by atoms with E-state index in [0.717, 1.165) is 22.4 Å². The molecule has 3 aromatic heterocycles. The molecule has 0 unspecified atom stereocenters. The molecule has 0 aliphatic rings. The molecule has 3 heterocycles. The molecule has 6 heteroatoms. The van der Waals surface area contributed by atoms with Gasteiger partial charge in [0.1, 0.15) is 0 Å². The Kier molecular flexibility index (Phi) is 2.53. The molecule has 0 amide bonds. The number of aromatic amines is 1. The van der Waals surface area contributed by atoms with Crippen LogP contribution in [0.5, 0.6) is 0 Å². The summed E-state index contributed by atoms with van der Waals surface area (Å²) in [4.78, 5) is 3.98. The summed E-state index contributed by atoms with van der Waals surface area (Å²) in [7, 11) is 0. The number of aromatic nitrogens is 3. The maximum Gasteiger partial charge on any atom is 0.202 e. The fourth-order valence-electron chi connectivity index (χ4n) is 1.83. The molecule has 5 nitrogen and oxygen atoms in total. The second-order valence-corrected chi connectivity index (χ2v) is 4.05. The molecular formula is C12H9ClN4O. The van der Waals surface area contributed by atoms with Gasteiger partial charge in [0.15, 0.2) is 5.82 Å². The van der Waals surface area contributed by atoms with Crippen molar-refractivity contribution >= 4 is 17.4 Å². The van der Waals surface area contributed by atoms with Gasteiger partial charge in [-0.3, -0.25) is 10.1 Å². The molecule has 0 atom stereocenters. The Bertz CT molecular complexity index is 674. The Morgan fingerprint density at radius 3 is 2.67 bits per heavy atom. The highest BCUT2D eigenvalue weighted by molar-refractivity contribution is 6.31. The van der Waals surface area contributed by atoms with Gasteiger partial charge in [-0.15, -0.1) is 0 Å². The number of H-pyrrole nitrogens is 1. The molecule has 0 aliphatic carbocycles. The maximum atomic E-state index is 5.98. The van der Waals surface area contributed by atoms with Gasteiger partial charge in [0.2, 0.25) is 5.22 Å².